The minimum Gasteiger partial charge on any atom is -0.480 e. The van der Waals surface area contributed by atoms with Crippen LogP contribution in [0, 0.1) is 6.92 Å². The monoisotopic (exact) mass is 211 g/mol. The Hall–Kier alpha value is -1.36. The van der Waals surface area contributed by atoms with Crippen molar-refractivity contribution in [3.8, 4) is 0 Å². The Kier molecular flexibility index (Phi) is 3.85. The van der Waals surface area contributed by atoms with Crippen LogP contribution in [0.3, 0.4) is 0 Å². The standard InChI is InChI=1S/C10H17N3O2/c1-4-13-9(5-7(2)12-13)6-11-8(3)10(14)15/h5,8,11H,4,6H2,1-3H3,(H,14,15)/t8-/m0/s1. The van der Waals surface area contributed by atoms with E-state index in [0.717, 1.165) is 17.9 Å². The average Bonchev–Trinajstić information content (AvgIpc) is 2.55. The first-order valence-electron chi connectivity index (χ1n) is 5.04. The number of hydrogen-bond donors (Lipinski definition) is 2. The van der Waals surface area contributed by atoms with Crippen molar-refractivity contribution in [2.45, 2.75) is 39.9 Å². The molecule has 0 aromatic carbocycles. The molecule has 0 saturated carbocycles. The van der Waals surface area contributed by atoms with Gasteiger partial charge in [0.25, 0.3) is 0 Å². The molecule has 1 aromatic rings. The summed E-state index contributed by atoms with van der Waals surface area (Å²) in [6, 6.07) is 1.43. The number of carboxylic acids is 1. The van der Waals surface area contributed by atoms with Crippen molar-refractivity contribution >= 4 is 5.97 Å². The van der Waals surface area contributed by atoms with Crippen LogP contribution in [0.4, 0.5) is 0 Å². The first-order chi connectivity index (χ1) is 7.04. The van der Waals surface area contributed by atoms with Crippen LogP contribution in [0.15, 0.2) is 6.07 Å². The summed E-state index contributed by atoms with van der Waals surface area (Å²) >= 11 is 0. The van der Waals surface area contributed by atoms with Crippen molar-refractivity contribution in [3.63, 3.8) is 0 Å². The van der Waals surface area contributed by atoms with Gasteiger partial charge in [0, 0.05) is 13.1 Å². The molecule has 2 N–H and O–H groups in total. The lowest BCUT2D eigenvalue weighted by atomic mass is 10.3. The van der Waals surface area contributed by atoms with Gasteiger partial charge in [-0.05, 0) is 26.8 Å². The fourth-order valence-electron chi connectivity index (χ4n) is 1.36. The molecule has 0 aliphatic heterocycles. The Morgan fingerprint density at radius 1 is 1.73 bits per heavy atom. The van der Waals surface area contributed by atoms with Crippen molar-refractivity contribution in [2.75, 3.05) is 0 Å². The molecule has 0 aliphatic rings. The molecule has 1 atom stereocenters. The fraction of sp³-hybridized carbons (Fsp3) is 0.600. The Morgan fingerprint density at radius 3 is 2.93 bits per heavy atom. The Labute approximate surface area is 89.1 Å². The highest BCUT2D eigenvalue weighted by Gasteiger charge is 2.11. The smallest absolute Gasteiger partial charge is 0.320 e. The predicted octanol–water partition coefficient (Wildman–Crippen LogP) is 0.774. The van der Waals surface area contributed by atoms with Crippen molar-refractivity contribution in [3.05, 3.63) is 17.5 Å². The first kappa shape index (κ1) is 11.7. The maximum absolute atomic E-state index is 10.6. The second-order valence-corrected chi connectivity index (χ2v) is 3.53. The lowest BCUT2D eigenvalue weighted by Gasteiger charge is -2.09. The lowest BCUT2D eigenvalue weighted by Crippen LogP contribution is -2.33. The molecule has 0 amide bonds. The minimum absolute atomic E-state index is 0.530. The van der Waals surface area contributed by atoms with E-state index >= 15 is 0 Å². The fourth-order valence-corrected chi connectivity index (χ4v) is 1.36. The molecule has 84 valence electrons. The number of carbonyl (C=O) groups is 1. The van der Waals surface area contributed by atoms with E-state index in [4.69, 9.17) is 5.11 Å². The molecule has 0 fully saturated rings. The van der Waals surface area contributed by atoms with E-state index in [1.807, 2.05) is 24.6 Å². The van der Waals surface area contributed by atoms with Crippen molar-refractivity contribution in [1.29, 1.82) is 0 Å². The van der Waals surface area contributed by atoms with E-state index in [2.05, 4.69) is 10.4 Å². The van der Waals surface area contributed by atoms with E-state index in [0.29, 0.717) is 6.54 Å². The van der Waals surface area contributed by atoms with Gasteiger partial charge in [0.05, 0.1) is 11.4 Å². The molecular weight excluding hydrogens is 194 g/mol. The van der Waals surface area contributed by atoms with Crippen LogP contribution < -0.4 is 5.32 Å². The topological polar surface area (TPSA) is 67.2 Å². The number of aromatic nitrogens is 2. The summed E-state index contributed by atoms with van der Waals surface area (Å²) in [4.78, 5) is 10.6. The zero-order valence-electron chi connectivity index (χ0n) is 9.32. The summed E-state index contributed by atoms with van der Waals surface area (Å²) in [6.45, 7) is 6.89. The van der Waals surface area contributed by atoms with Crippen molar-refractivity contribution in [2.24, 2.45) is 0 Å². The van der Waals surface area contributed by atoms with Gasteiger partial charge in [-0.25, -0.2) is 0 Å². The molecular formula is C10H17N3O2. The highest BCUT2D eigenvalue weighted by molar-refractivity contribution is 5.72. The molecule has 0 bridgehead atoms. The summed E-state index contributed by atoms with van der Waals surface area (Å²) in [6.07, 6.45) is 0. The van der Waals surface area contributed by atoms with Crippen LogP contribution in [-0.4, -0.2) is 26.9 Å². The van der Waals surface area contributed by atoms with Crippen LogP contribution >= 0.6 is 0 Å². The van der Waals surface area contributed by atoms with Gasteiger partial charge in [0.1, 0.15) is 6.04 Å². The van der Waals surface area contributed by atoms with Gasteiger partial charge in [0.2, 0.25) is 0 Å². The SMILES string of the molecule is CCn1nc(C)cc1CN[C@@H](C)C(=O)O. The lowest BCUT2D eigenvalue weighted by molar-refractivity contribution is -0.139. The van der Waals surface area contributed by atoms with Gasteiger partial charge in [-0.2, -0.15) is 5.10 Å². The summed E-state index contributed by atoms with van der Waals surface area (Å²) < 4.78 is 1.87. The maximum Gasteiger partial charge on any atom is 0.320 e. The summed E-state index contributed by atoms with van der Waals surface area (Å²) in [5.74, 6) is -0.839. The van der Waals surface area contributed by atoms with Crippen LogP contribution in [0.25, 0.3) is 0 Å². The zero-order chi connectivity index (χ0) is 11.4. The number of aliphatic carboxylic acids is 1. The van der Waals surface area contributed by atoms with Crippen LogP contribution in [0.2, 0.25) is 0 Å². The second kappa shape index (κ2) is 4.93. The third kappa shape index (κ3) is 3.06. The average molecular weight is 211 g/mol. The normalized spacial score (nSPS) is 12.7. The van der Waals surface area contributed by atoms with Crippen molar-refractivity contribution < 1.29 is 9.90 Å². The molecule has 1 aromatic heterocycles. The van der Waals surface area contributed by atoms with Gasteiger partial charge < -0.3 is 5.11 Å². The molecule has 0 radical (unpaired) electrons. The highest BCUT2D eigenvalue weighted by atomic mass is 16.4. The summed E-state index contributed by atoms with van der Waals surface area (Å²) in [5, 5.41) is 15.9. The quantitative estimate of drug-likeness (QED) is 0.755. The van der Waals surface area contributed by atoms with E-state index < -0.39 is 12.0 Å². The van der Waals surface area contributed by atoms with E-state index in [-0.39, 0.29) is 0 Å². The molecule has 0 spiro atoms. The maximum atomic E-state index is 10.6. The molecule has 0 saturated heterocycles. The number of rotatable bonds is 5. The first-order valence-corrected chi connectivity index (χ1v) is 5.04. The molecule has 1 heterocycles. The van der Waals surface area contributed by atoms with E-state index in [1.54, 1.807) is 6.92 Å². The van der Waals surface area contributed by atoms with Crippen LogP contribution in [-0.2, 0) is 17.9 Å². The van der Waals surface area contributed by atoms with Crippen LogP contribution in [0.1, 0.15) is 25.2 Å². The summed E-state index contributed by atoms with van der Waals surface area (Å²) in [5.41, 5.74) is 1.97. The summed E-state index contributed by atoms with van der Waals surface area (Å²) in [7, 11) is 0. The predicted molar refractivity (Wildman–Crippen MR) is 56.6 cm³/mol. The van der Waals surface area contributed by atoms with E-state index in [9.17, 15) is 4.79 Å². The zero-order valence-corrected chi connectivity index (χ0v) is 9.32. The molecule has 5 nitrogen and oxygen atoms in total. The highest BCUT2D eigenvalue weighted by Crippen LogP contribution is 2.03. The van der Waals surface area contributed by atoms with Crippen LogP contribution in [0.5, 0.6) is 0 Å². The molecule has 1 rings (SSSR count). The third-order valence-corrected chi connectivity index (χ3v) is 2.24. The third-order valence-electron chi connectivity index (χ3n) is 2.24. The van der Waals surface area contributed by atoms with Gasteiger partial charge in [-0.1, -0.05) is 0 Å². The molecule has 0 aliphatic carbocycles. The Bertz CT molecular complexity index is 346. The number of nitrogens with zero attached hydrogens (tertiary/aromatic N) is 2. The molecule has 15 heavy (non-hydrogen) atoms. The molecule has 5 heteroatoms. The number of nitrogens with one attached hydrogen (secondary N) is 1. The molecule has 0 unspecified atom stereocenters. The van der Waals surface area contributed by atoms with Gasteiger partial charge in [-0.15, -0.1) is 0 Å². The van der Waals surface area contributed by atoms with E-state index in [1.165, 1.54) is 0 Å². The Balaban J connectivity index is 2.60. The van der Waals surface area contributed by atoms with Gasteiger partial charge in [-0.3, -0.25) is 14.8 Å². The van der Waals surface area contributed by atoms with Crippen molar-refractivity contribution in [1.82, 2.24) is 15.1 Å². The number of hydrogen-bond acceptors (Lipinski definition) is 3. The largest absolute Gasteiger partial charge is 0.480 e. The number of carboxylic acid groups (broad SMARTS) is 1. The number of aryl methyl sites for hydroxylation is 2. The minimum atomic E-state index is -0.839. The van der Waals surface area contributed by atoms with Gasteiger partial charge in [0.15, 0.2) is 0 Å². The second-order valence-electron chi connectivity index (χ2n) is 3.53. The Morgan fingerprint density at radius 2 is 2.40 bits per heavy atom. The van der Waals surface area contributed by atoms with Gasteiger partial charge >= 0.3 is 5.97 Å².